The van der Waals surface area contributed by atoms with Gasteiger partial charge < -0.3 is 19.7 Å². The van der Waals surface area contributed by atoms with Crippen LogP contribution in [0.15, 0.2) is 47.4 Å². The number of hydrogen-bond donors (Lipinski definition) is 2. The molecule has 2 heterocycles. The number of aryl methyl sites for hydroxylation is 3. The van der Waals surface area contributed by atoms with E-state index >= 15 is 0 Å². The largest absolute Gasteiger partial charge is 0.481 e. The minimum atomic E-state index is -1.11. The summed E-state index contributed by atoms with van der Waals surface area (Å²) in [5.41, 5.74) is 4.29. The van der Waals surface area contributed by atoms with E-state index in [4.69, 9.17) is 4.74 Å². The zero-order valence-electron chi connectivity index (χ0n) is 22.1. The van der Waals surface area contributed by atoms with Crippen LogP contribution in [0.4, 0.5) is 0 Å². The summed E-state index contributed by atoms with van der Waals surface area (Å²) >= 11 is 0. The number of carboxylic acids is 1. The molecule has 0 aliphatic carbocycles. The molecule has 0 spiro atoms. The lowest BCUT2D eigenvalue weighted by Gasteiger charge is -2.25. The molecule has 2 N–H and O–H groups in total. The Morgan fingerprint density at radius 3 is 2.32 bits per heavy atom. The van der Waals surface area contributed by atoms with Crippen molar-refractivity contribution in [3.8, 4) is 17.1 Å². The van der Waals surface area contributed by atoms with Gasteiger partial charge in [0, 0.05) is 23.4 Å². The van der Waals surface area contributed by atoms with Gasteiger partial charge in [0.2, 0.25) is 11.8 Å². The molecule has 2 aromatic heterocycles. The van der Waals surface area contributed by atoms with Crippen molar-refractivity contribution >= 4 is 11.9 Å². The van der Waals surface area contributed by atoms with Gasteiger partial charge in [-0.25, -0.2) is 0 Å². The van der Waals surface area contributed by atoms with Crippen LogP contribution in [-0.4, -0.2) is 38.9 Å². The Morgan fingerprint density at radius 2 is 1.76 bits per heavy atom. The minimum Gasteiger partial charge on any atom is -0.481 e. The lowest BCUT2D eigenvalue weighted by atomic mass is 9.96. The quantitative estimate of drug-likeness (QED) is 0.423. The van der Waals surface area contributed by atoms with Gasteiger partial charge in [0.1, 0.15) is 6.04 Å². The van der Waals surface area contributed by atoms with Crippen LogP contribution in [0.25, 0.3) is 11.3 Å². The van der Waals surface area contributed by atoms with Crippen molar-refractivity contribution in [2.45, 2.75) is 59.5 Å². The molecule has 3 aromatic rings. The fourth-order valence-electron chi connectivity index (χ4n) is 4.46. The number of rotatable bonds is 10. The molecule has 37 heavy (non-hydrogen) atoms. The molecular weight excluding hydrogens is 472 g/mol. The lowest BCUT2D eigenvalue weighted by Crippen LogP contribution is -2.40. The van der Waals surface area contributed by atoms with E-state index in [1.54, 1.807) is 18.3 Å². The van der Waals surface area contributed by atoms with Gasteiger partial charge in [0.15, 0.2) is 0 Å². The highest BCUT2D eigenvalue weighted by Crippen LogP contribution is 2.32. The minimum absolute atomic E-state index is 0.106. The summed E-state index contributed by atoms with van der Waals surface area (Å²) in [7, 11) is 1.42. The third-order valence-corrected chi connectivity index (χ3v) is 6.23. The fourth-order valence-corrected chi connectivity index (χ4v) is 4.46. The maximum atomic E-state index is 13.6. The summed E-state index contributed by atoms with van der Waals surface area (Å²) in [6, 6.07) is 9.04. The number of ether oxygens (including phenoxy) is 1. The van der Waals surface area contributed by atoms with Crippen LogP contribution in [-0.2, 0) is 9.59 Å². The number of nitrogens with zero attached hydrogens (tertiary/aromatic N) is 3. The predicted molar refractivity (Wildman–Crippen MR) is 141 cm³/mol. The molecule has 0 saturated heterocycles. The summed E-state index contributed by atoms with van der Waals surface area (Å²) < 4.78 is 6.80. The highest BCUT2D eigenvalue weighted by Gasteiger charge is 2.29. The Labute approximate surface area is 216 Å². The first-order valence-corrected chi connectivity index (χ1v) is 12.2. The smallest absolute Gasteiger partial charge is 0.305 e. The summed E-state index contributed by atoms with van der Waals surface area (Å²) in [4.78, 5) is 38.2. The number of carbonyl (C=O) groups is 2. The van der Waals surface area contributed by atoms with E-state index in [9.17, 15) is 19.5 Å². The molecule has 9 heteroatoms. The Bertz CT molecular complexity index is 1330. The molecule has 0 aliphatic rings. The third-order valence-electron chi connectivity index (χ3n) is 6.23. The molecule has 196 valence electrons. The van der Waals surface area contributed by atoms with Gasteiger partial charge in [-0.05, 0) is 61.9 Å². The zero-order chi connectivity index (χ0) is 27.3. The number of methoxy groups -OCH3 is 1. The first-order valence-electron chi connectivity index (χ1n) is 12.2. The summed E-state index contributed by atoms with van der Waals surface area (Å²) in [5.74, 6) is -1.34. The molecule has 3 rings (SSSR count). The van der Waals surface area contributed by atoms with E-state index in [-0.39, 0.29) is 17.4 Å². The second-order valence-electron chi connectivity index (χ2n) is 9.71. The molecule has 2 atom stereocenters. The number of aliphatic carboxylic acids is 1. The summed E-state index contributed by atoms with van der Waals surface area (Å²) in [6.45, 7) is 9.64. The predicted octanol–water partition coefficient (Wildman–Crippen LogP) is 4.16. The topological polar surface area (TPSA) is 123 Å². The third kappa shape index (κ3) is 6.61. The molecule has 0 unspecified atom stereocenters. The lowest BCUT2D eigenvalue weighted by molar-refractivity contribution is -0.138. The monoisotopic (exact) mass is 506 g/mol. The fraction of sp³-hybridized carbons (Fsp3) is 0.393. The van der Waals surface area contributed by atoms with Gasteiger partial charge in [0.25, 0.3) is 5.56 Å². The highest BCUT2D eigenvalue weighted by molar-refractivity contribution is 5.82. The van der Waals surface area contributed by atoms with Crippen molar-refractivity contribution in [1.82, 2.24) is 20.1 Å². The highest BCUT2D eigenvalue weighted by atomic mass is 16.5. The SMILES string of the molecule is COc1nnc(-c2c(C)cccc2C)cc1[C@@H](CC(=O)O)NC(=O)[C@@H](CC(C)C)n1ccc(C)cc1=O. The van der Waals surface area contributed by atoms with Gasteiger partial charge in [-0.2, -0.15) is 0 Å². The van der Waals surface area contributed by atoms with Gasteiger partial charge >= 0.3 is 5.97 Å². The second-order valence-corrected chi connectivity index (χ2v) is 9.71. The molecule has 1 amide bonds. The van der Waals surface area contributed by atoms with Crippen molar-refractivity contribution in [1.29, 1.82) is 0 Å². The number of carboxylic acid groups (broad SMARTS) is 1. The number of nitrogens with one attached hydrogen (secondary N) is 1. The van der Waals surface area contributed by atoms with Crippen molar-refractivity contribution in [2.24, 2.45) is 5.92 Å². The normalized spacial score (nSPS) is 12.7. The van der Waals surface area contributed by atoms with Crippen molar-refractivity contribution in [3.63, 3.8) is 0 Å². The standard InChI is InChI=1S/C28H34N4O5/c1-16(2)12-23(32-11-10-17(3)13-24(32)33)27(36)29-21(15-25(34)35)20-14-22(30-31-28(20)37-6)26-18(4)8-7-9-19(26)5/h7-11,13-14,16,21,23H,12,15H2,1-6H3,(H,29,36)(H,34,35)/t21-,23-/m1/s1. The van der Waals surface area contributed by atoms with Crippen LogP contribution in [0.3, 0.4) is 0 Å². The molecule has 9 nitrogen and oxygen atoms in total. The van der Waals surface area contributed by atoms with E-state index in [0.717, 1.165) is 22.3 Å². The Balaban J connectivity index is 2.07. The number of amides is 1. The summed E-state index contributed by atoms with van der Waals surface area (Å²) in [5, 5.41) is 21.1. The number of pyridine rings is 1. The van der Waals surface area contributed by atoms with Crippen molar-refractivity contribution < 1.29 is 19.4 Å². The number of aromatic nitrogens is 3. The molecule has 1 aromatic carbocycles. The van der Waals surface area contributed by atoms with E-state index in [1.165, 1.54) is 17.7 Å². The van der Waals surface area contributed by atoms with Crippen LogP contribution in [0.1, 0.15) is 61.0 Å². The van der Waals surface area contributed by atoms with Gasteiger partial charge in [-0.1, -0.05) is 32.0 Å². The first kappa shape index (κ1) is 27.6. The molecule has 0 bridgehead atoms. The van der Waals surface area contributed by atoms with E-state index in [1.807, 2.05) is 52.8 Å². The molecule has 0 aliphatic heterocycles. The van der Waals surface area contributed by atoms with E-state index in [0.29, 0.717) is 17.7 Å². The Hall–Kier alpha value is -4.01. The molecule has 0 fully saturated rings. The number of carbonyl (C=O) groups excluding carboxylic acids is 1. The number of benzene rings is 1. The van der Waals surface area contributed by atoms with Crippen LogP contribution in [0, 0.1) is 26.7 Å². The number of hydrogen-bond acceptors (Lipinski definition) is 6. The van der Waals surface area contributed by atoms with Crippen LogP contribution in [0.5, 0.6) is 5.88 Å². The first-order chi connectivity index (χ1) is 17.5. The molecule has 0 saturated carbocycles. The van der Waals surface area contributed by atoms with Gasteiger partial charge in [-0.15, -0.1) is 10.2 Å². The van der Waals surface area contributed by atoms with Crippen molar-refractivity contribution in [2.75, 3.05) is 7.11 Å². The summed E-state index contributed by atoms with van der Waals surface area (Å²) in [6.07, 6.45) is 1.59. The Kier molecular flexibility index (Phi) is 8.81. The van der Waals surface area contributed by atoms with Crippen LogP contribution < -0.4 is 15.6 Å². The molecule has 0 radical (unpaired) electrons. The average Bonchev–Trinajstić information content (AvgIpc) is 2.82. The maximum absolute atomic E-state index is 13.6. The van der Waals surface area contributed by atoms with Crippen molar-refractivity contribution in [3.05, 3.63) is 75.2 Å². The van der Waals surface area contributed by atoms with Gasteiger partial charge in [0.05, 0.1) is 25.3 Å². The second kappa shape index (κ2) is 11.8. The molecular formula is C28H34N4O5. The van der Waals surface area contributed by atoms with Crippen LogP contribution in [0.2, 0.25) is 0 Å². The van der Waals surface area contributed by atoms with E-state index in [2.05, 4.69) is 15.5 Å². The van der Waals surface area contributed by atoms with Gasteiger partial charge in [-0.3, -0.25) is 14.4 Å². The zero-order valence-corrected chi connectivity index (χ0v) is 22.1. The average molecular weight is 507 g/mol. The van der Waals surface area contributed by atoms with E-state index < -0.39 is 30.4 Å². The van der Waals surface area contributed by atoms with Crippen LogP contribution >= 0.6 is 0 Å². The maximum Gasteiger partial charge on any atom is 0.305 e. The Morgan fingerprint density at radius 1 is 1.08 bits per heavy atom.